The number of nitrogens with zero attached hydrogens (tertiary/aromatic N) is 1. The van der Waals surface area contributed by atoms with E-state index in [2.05, 4.69) is 16.5 Å². The van der Waals surface area contributed by atoms with Gasteiger partial charge in [0.15, 0.2) is 0 Å². The first-order valence-electron chi connectivity index (χ1n) is 9.96. The number of rotatable bonds is 9. The van der Waals surface area contributed by atoms with E-state index in [0.29, 0.717) is 19.5 Å². The van der Waals surface area contributed by atoms with Crippen molar-refractivity contribution in [3.63, 3.8) is 0 Å². The maximum atomic E-state index is 13.2. The molecule has 0 saturated carbocycles. The standard InChI is InChI=1S/C21H27FN2O5S2/c1-14(12-15-4-6-16(22)7-5-15)24-10-8-17-18(13-24)30-21(19(17)20(25)29-3)31(26,27)23-9-11-28-2/h4-7,14,23H,8-13H2,1-3H3. The van der Waals surface area contributed by atoms with Crippen LogP contribution < -0.4 is 4.72 Å². The Labute approximate surface area is 186 Å². The van der Waals surface area contributed by atoms with Crippen LogP contribution >= 0.6 is 11.3 Å². The van der Waals surface area contributed by atoms with Gasteiger partial charge in [-0.05, 0) is 43.0 Å². The largest absolute Gasteiger partial charge is 0.465 e. The normalized spacial score (nSPS) is 15.5. The van der Waals surface area contributed by atoms with Crippen molar-refractivity contribution in [3.8, 4) is 0 Å². The summed E-state index contributed by atoms with van der Waals surface area (Å²) in [6.07, 6.45) is 1.30. The number of thiophene rings is 1. The SMILES string of the molecule is COCCNS(=O)(=O)c1sc2c(c1C(=O)OC)CCN(C(C)Cc1ccc(F)cc1)C2. The molecule has 0 aliphatic carbocycles. The summed E-state index contributed by atoms with van der Waals surface area (Å²) in [6.45, 7) is 3.66. The van der Waals surface area contributed by atoms with Crippen molar-refractivity contribution in [1.29, 1.82) is 0 Å². The van der Waals surface area contributed by atoms with Gasteiger partial charge >= 0.3 is 5.97 Å². The van der Waals surface area contributed by atoms with Gasteiger partial charge in [0, 0.05) is 37.7 Å². The maximum Gasteiger partial charge on any atom is 0.340 e. The average Bonchev–Trinajstić information content (AvgIpc) is 3.14. The van der Waals surface area contributed by atoms with E-state index in [9.17, 15) is 17.6 Å². The number of carbonyl (C=O) groups is 1. The summed E-state index contributed by atoms with van der Waals surface area (Å²) < 4.78 is 51.1. The van der Waals surface area contributed by atoms with Crippen LogP contribution in [0.3, 0.4) is 0 Å². The molecular formula is C21H27FN2O5S2. The zero-order chi connectivity index (χ0) is 22.6. The Kier molecular flexibility index (Phi) is 7.82. The van der Waals surface area contributed by atoms with Crippen molar-refractivity contribution in [2.75, 3.05) is 33.9 Å². The molecule has 0 radical (unpaired) electrons. The van der Waals surface area contributed by atoms with Crippen molar-refractivity contribution in [3.05, 3.63) is 51.7 Å². The van der Waals surface area contributed by atoms with E-state index in [1.54, 1.807) is 12.1 Å². The molecule has 3 rings (SSSR count). The molecule has 0 bridgehead atoms. The molecule has 1 aliphatic heterocycles. The highest BCUT2D eigenvalue weighted by molar-refractivity contribution is 7.91. The number of methoxy groups -OCH3 is 2. The third-order valence-corrected chi connectivity index (χ3v) is 8.55. The van der Waals surface area contributed by atoms with Crippen LogP contribution in [0.5, 0.6) is 0 Å². The summed E-state index contributed by atoms with van der Waals surface area (Å²) in [5, 5.41) is 0. The fourth-order valence-electron chi connectivity index (χ4n) is 3.71. The molecule has 2 heterocycles. The third-order valence-electron chi connectivity index (χ3n) is 5.35. The van der Waals surface area contributed by atoms with E-state index in [1.165, 1.54) is 26.4 Å². The molecule has 2 aromatic rings. The number of halogens is 1. The Morgan fingerprint density at radius 2 is 2.00 bits per heavy atom. The minimum Gasteiger partial charge on any atom is -0.465 e. The van der Waals surface area contributed by atoms with Gasteiger partial charge in [-0.1, -0.05) is 12.1 Å². The first-order chi connectivity index (χ1) is 14.8. The molecule has 0 saturated heterocycles. The van der Waals surface area contributed by atoms with Gasteiger partial charge in [0.2, 0.25) is 0 Å². The predicted molar refractivity (Wildman–Crippen MR) is 116 cm³/mol. The summed E-state index contributed by atoms with van der Waals surface area (Å²) in [5.41, 5.74) is 1.92. The summed E-state index contributed by atoms with van der Waals surface area (Å²) in [5.74, 6) is -0.904. The average molecular weight is 471 g/mol. The first-order valence-corrected chi connectivity index (χ1v) is 12.3. The van der Waals surface area contributed by atoms with E-state index in [1.807, 2.05) is 0 Å². The predicted octanol–water partition coefficient (Wildman–Crippen LogP) is 2.59. The summed E-state index contributed by atoms with van der Waals surface area (Å²) >= 11 is 1.12. The fourth-order valence-corrected chi connectivity index (χ4v) is 6.67. The molecule has 1 N–H and O–H groups in total. The summed E-state index contributed by atoms with van der Waals surface area (Å²) in [4.78, 5) is 15.6. The van der Waals surface area contributed by atoms with Crippen molar-refractivity contribution in [2.45, 2.75) is 36.6 Å². The Hall–Kier alpha value is -1.85. The minimum atomic E-state index is -3.87. The number of nitrogens with one attached hydrogen (secondary N) is 1. The van der Waals surface area contributed by atoms with Gasteiger partial charge in [0.25, 0.3) is 10.0 Å². The Morgan fingerprint density at radius 3 is 2.65 bits per heavy atom. The Morgan fingerprint density at radius 1 is 1.29 bits per heavy atom. The van der Waals surface area contributed by atoms with Gasteiger partial charge in [0.05, 0.1) is 19.3 Å². The molecule has 7 nitrogen and oxygen atoms in total. The number of carbonyl (C=O) groups excluding carboxylic acids is 1. The van der Waals surface area contributed by atoms with Crippen LogP contribution in [0.1, 0.15) is 33.3 Å². The zero-order valence-corrected chi connectivity index (χ0v) is 19.4. The van der Waals surface area contributed by atoms with E-state index in [-0.39, 0.29) is 34.8 Å². The van der Waals surface area contributed by atoms with E-state index in [0.717, 1.165) is 33.8 Å². The number of sulfonamides is 1. The lowest BCUT2D eigenvalue weighted by Gasteiger charge is -2.32. The third kappa shape index (κ3) is 5.50. The highest BCUT2D eigenvalue weighted by atomic mass is 32.2. The highest BCUT2D eigenvalue weighted by Crippen LogP contribution is 2.37. The molecule has 0 spiro atoms. The van der Waals surface area contributed by atoms with E-state index < -0.39 is 16.0 Å². The van der Waals surface area contributed by atoms with Crippen LogP contribution in [0.15, 0.2) is 28.5 Å². The Bertz CT molecular complexity index is 1020. The van der Waals surface area contributed by atoms with E-state index >= 15 is 0 Å². The van der Waals surface area contributed by atoms with Gasteiger partial charge in [-0.3, -0.25) is 4.90 Å². The minimum absolute atomic E-state index is 0.00603. The number of fused-ring (bicyclic) bond motifs is 1. The molecule has 0 fully saturated rings. The number of hydrogen-bond acceptors (Lipinski definition) is 7. The topological polar surface area (TPSA) is 84.9 Å². The molecule has 1 aromatic heterocycles. The molecule has 1 atom stereocenters. The Balaban J connectivity index is 1.84. The van der Waals surface area contributed by atoms with Crippen LogP contribution in [0.25, 0.3) is 0 Å². The molecule has 31 heavy (non-hydrogen) atoms. The maximum absolute atomic E-state index is 13.2. The quantitative estimate of drug-likeness (QED) is 0.448. The van der Waals surface area contributed by atoms with Gasteiger partial charge in [-0.25, -0.2) is 22.3 Å². The summed E-state index contributed by atoms with van der Waals surface area (Å²) in [7, 11) is -1.13. The molecule has 170 valence electrons. The monoisotopic (exact) mass is 470 g/mol. The lowest BCUT2D eigenvalue weighted by atomic mass is 10.00. The molecule has 1 unspecified atom stereocenters. The fraction of sp³-hybridized carbons (Fsp3) is 0.476. The van der Waals surface area contributed by atoms with Gasteiger partial charge < -0.3 is 9.47 Å². The second-order valence-electron chi connectivity index (χ2n) is 7.45. The van der Waals surface area contributed by atoms with Crippen LogP contribution in [0.2, 0.25) is 0 Å². The van der Waals surface area contributed by atoms with Crippen molar-refractivity contribution in [1.82, 2.24) is 9.62 Å². The van der Waals surface area contributed by atoms with Gasteiger partial charge in [-0.2, -0.15) is 0 Å². The molecule has 0 amide bonds. The van der Waals surface area contributed by atoms with Crippen molar-refractivity contribution in [2.24, 2.45) is 0 Å². The lowest BCUT2D eigenvalue weighted by molar-refractivity contribution is 0.0595. The van der Waals surface area contributed by atoms with Crippen LogP contribution in [-0.2, 0) is 38.9 Å². The number of ether oxygens (including phenoxy) is 2. The summed E-state index contributed by atoms with van der Waals surface area (Å²) in [6, 6.07) is 6.62. The molecular weight excluding hydrogens is 443 g/mol. The second-order valence-corrected chi connectivity index (χ2v) is 10.5. The lowest BCUT2D eigenvalue weighted by Crippen LogP contribution is -2.38. The van der Waals surface area contributed by atoms with Crippen molar-refractivity contribution >= 4 is 27.3 Å². The van der Waals surface area contributed by atoms with Crippen molar-refractivity contribution < 1.29 is 27.1 Å². The van der Waals surface area contributed by atoms with Crippen LogP contribution in [0.4, 0.5) is 4.39 Å². The van der Waals surface area contributed by atoms with Crippen LogP contribution in [0, 0.1) is 5.82 Å². The van der Waals surface area contributed by atoms with Gasteiger partial charge in [-0.15, -0.1) is 11.3 Å². The molecule has 1 aromatic carbocycles. The molecule has 10 heteroatoms. The second kappa shape index (κ2) is 10.2. The number of benzene rings is 1. The molecule has 1 aliphatic rings. The zero-order valence-electron chi connectivity index (χ0n) is 17.8. The van der Waals surface area contributed by atoms with E-state index in [4.69, 9.17) is 9.47 Å². The first kappa shape index (κ1) is 23.8. The number of hydrogen-bond donors (Lipinski definition) is 1. The number of esters is 1. The van der Waals surface area contributed by atoms with Crippen LogP contribution in [-0.4, -0.2) is 59.2 Å². The van der Waals surface area contributed by atoms with Gasteiger partial charge in [0.1, 0.15) is 10.0 Å². The highest BCUT2D eigenvalue weighted by Gasteiger charge is 2.34. The smallest absolute Gasteiger partial charge is 0.340 e.